The Bertz CT molecular complexity index is 621. The number of imide groups is 1. The SMILES string of the molecule is COC(=O)NC(=O)[C@@H](C)OC(=O)CCC(=O)c1cc(C)sc1C. The van der Waals surface area contributed by atoms with Crippen LogP contribution in [-0.2, 0) is 19.1 Å². The van der Waals surface area contributed by atoms with Crippen LogP contribution in [0.15, 0.2) is 6.07 Å². The molecule has 0 saturated carbocycles. The third-order valence-corrected chi connectivity index (χ3v) is 3.95. The summed E-state index contributed by atoms with van der Waals surface area (Å²) in [5, 5.41) is 1.89. The molecule has 1 heterocycles. The number of methoxy groups -OCH3 is 1. The average molecular weight is 341 g/mol. The largest absolute Gasteiger partial charge is 0.453 e. The molecule has 1 aromatic heterocycles. The van der Waals surface area contributed by atoms with Crippen LogP contribution in [0, 0.1) is 13.8 Å². The zero-order valence-corrected chi connectivity index (χ0v) is 14.2. The molecule has 0 fully saturated rings. The summed E-state index contributed by atoms with van der Waals surface area (Å²) in [5.41, 5.74) is 0.608. The molecule has 1 atom stereocenters. The van der Waals surface area contributed by atoms with E-state index < -0.39 is 24.1 Å². The quantitative estimate of drug-likeness (QED) is 0.629. The Labute approximate surface area is 138 Å². The summed E-state index contributed by atoms with van der Waals surface area (Å²) in [5.74, 6) is -1.62. The molecule has 0 bridgehead atoms. The molecule has 0 aromatic carbocycles. The Morgan fingerprint density at radius 3 is 2.39 bits per heavy atom. The van der Waals surface area contributed by atoms with Crippen LogP contribution in [0.5, 0.6) is 0 Å². The van der Waals surface area contributed by atoms with E-state index >= 15 is 0 Å². The van der Waals surface area contributed by atoms with Crippen LogP contribution in [0.2, 0.25) is 0 Å². The van der Waals surface area contributed by atoms with Gasteiger partial charge in [-0.15, -0.1) is 11.3 Å². The second-order valence-electron chi connectivity index (χ2n) is 4.86. The number of carbonyl (C=O) groups is 4. The monoisotopic (exact) mass is 341 g/mol. The number of esters is 1. The van der Waals surface area contributed by atoms with Gasteiger partial charge in [0, 0.05) is 21.7 Å². The minimum Gasteiger partial charge on any atom is -0.453 e. The maximum atomic E-state index is 12.0. The fraction of sp³-hybridized carbons (Fsp3) is 0.467. The molecule has 2 amide bonds. The van der Waals surface area contributed by atoms with E-state index in [0.29, 0.717) is 5.56 Å². The van der Waals surface area contributed by atoms with Crippen molar-refractivity contribution < 1.29 is 28.7 Å². The number of hydrogen-bond acceptors (Lipinski definition) is 7. The van der Waals surface area contributed by atoms with Crippen LogP contribution >= 0.6 is 11.3 Å². The molecule has 126 valence electrons. The van der Waals surface area contributed by atoms with E-state index in [9.17, 15) is 19.2 Å². The summed E-state index contributed by atoms with van der Waals surface area (Å²) in [4.78, 5) is 48.0. The van der Waals surface area contributed by atoms with Crippen LogP contribution in [0.1, 0.15) is 39.9 Å². The maximum Gasteiger partial charge on any atom is 0.413 e. The second kappa shape index (κ2) is 8.42. The van der Waals surface area contributed by atoms with Crippen molar-refractivity contribution in [3.63, 3.8) is 0 Å². The fourth-order valence-electron chi connectivity index (χ4n) is 1.82. The van der Waals surface area contributed by atoms with E-state index in [-0.39, 0.29) is 18.6 Å². The van der Waals surface area contributed by atoms with Crippen LogP contribution in [0.25, 0.3) is 0 Å². The number of alkyl carbamates (subject to hydrolysis) is 1. The molecular formula is C15H19NO6S. The van der Waals surface area contributed by atoms with Gasteiger partial charge in [-0.1, -0.05) is 0 Å². The summed E-state index contributed by atoms with van der Waals surface area (Å²) in [6.07, 6.45) is -2.22. The molecule has 8 heteroatoms. The van der Waals surface area contributed by atoms with E-state index in [1.54, 1.807) is 6.07 Å². The number of rotatable bonds is 6. The molecule has 23 heavy (non-hydrogen) atoms. The number of ketones is 1. The van der Waals surface area contributed by atoms with Gasteiger partial charge in [0.2, 0.25) is 0 Å². The minimum absolute atomic E-state index is 0.00118. The smallest absolute Gasteiger partial charge is 0.413 e. The van der Waals surface area contributed by atoms with E-state index in [4.69, 9.17) is 4.74 Å². The summed E-state index contributed by atoms with van der Waals surface area (Å²) >= 11 is 1.52. The minimum atomic E-state index is -1.15. The second-order valence-corrected chi connectivity index (χ2v) is 6.32. The molecule has 7 nitrogen and oxygen atoms in total. The zero-order chi connectivity index (χ0) is 17.6. The molecular weight excluding hydrogens is 322 g/mol. The zero-order valence-electron chi connectivity index (χ0n) is 13.4. The van der Waals surface area contributed by atoms with Gasteiger partial charge in [0.25, 0.3) is 5.91 Å². The highest BCUT2D eigenvalue weighted by Gasteiger charge is 2.21. The number of nitrogens with one attached hydrogen (secondary N) is 1. The number of Topliss-reactive ketones (excluding diaryl/α,β-unsaturated/α-hetero) is 1. The highest BCUT2D eigenvalue weighted by Crippen LogP contribution is 2.22. The first-order valence-electron chi connectivity index (χ1n) is 6.93. The number of ether oxygens (including phenoxy) is 2. The first-order chi connectivity index (χ1) is 10.7. The lowest BCUT2D eigenvalue weighted by atomic mass is 10.1. The van der Waals surface area contributed by atoms with Crippen molar-refractivity contribution in [3.05, 3.63) is 21.4 Å². The van der Waals surface area contributed by atoms with Crippen molar-refractivity contribution in [2.45, 2.75) is 39.7 Å². The van der Waals surface area contributed by atoms with Crippen molar-refractivity contribution in [1.82, 2.24) is 5.32 Å². The number of thiophene rings is 1. The summed E-state index contributed by atoms with van der Waals surface area (Å²) in [6.45, 7) is 5.08. The predicted molar refractivity (Wildman–Crippen MR) is 83.5 cm³/mol. The lowest BCUT2D eigenvalue weighted by Gasteiger charge is -2.12. The van der Waals surface area contributed by atoms with Crippen molar-refractivity contribution in [2.75, 3.05) is 7.11 Å². The van der Waals surface area contributed by atoms with Gasteiger partial charge in [-0.3, -0.25) is 19.7 Å². The Morgan fingerprint density at radius 2 is 1.87 bits per heavy atom. The third-order valence-electron chi connectivity index (χ3n) is 2.99. The molecule has 0 radical (unpaired) electrons. The van der Waals surface area contributed by atoms with Crippen LogP contribution < -0.4 is 5.32 Å². The van der Waals surface area contributed by atoms with Crippen LogP contribution in [0.3, 0.4) is 0 Å². The maximum absolute atomic E-state index is 12.0. The Kier molecular flexibility index (Phi) is 6.89. The highest BCUT2D eigenvalue weighted by atomic mass is 32.1. The number of amides is 2. The van der Waals surface area contributed by atoms with Gasteiger partial charge in [-0.2, -0.15) is 0 Å². The van der Waals surface area contributed by atoms with Crippen molar-refractivity contribution in [1.29, 1.82) is 0 Å². The molecule has 1 N–H and O–H groups in total. The lowest BCUT2D eigenvalue weighted by molar-refractivity contribution is -0.154. The molecule has 1 rings (SSSR count). The predicted octanol–water partition coefficient (Wildman–Crippen LogP) is 2.14. The highest BCUT2D eigenvalue weighted by molar-refractivity contribution is 7.12. The van der Waals surface area contributed by atoms with Gasteiger partial charge in [-0.25, -0.2) is 4.79 Å². The molecule has 0 aliphatic carbocycles. The number of carbonyl (C=O) groups excluding carboxylic acids is 4. The Morgan fingerprint density at radius 1 is 1.22 bits per heavy atom. The van der Waals surface area contributed by atoms with Gasteiger partial charge in [0.05, 0.1) is 13.5 Å². The molecule has 0 unspecified atom stereocenters. The van der Waals surface area contributed by atoms with Gasteiger partial charge in [0.1, 0.15) is 0 Å². The van der Waals surface area contributed by atoms with E-state index in [1.165, 1.54) is 18.3 Å². The molecule has 0 saturated heterocycles. The van der Waals surface area contributed by atoms with Crippen molar-refractivity contribution >= 4 is 35.1 Å². The number of hydrogen-bond donors (Lipinski definition) is 1. The van der Waals surface area contributed by atoms with Gasteiger partial charge in [-0.05, 0) is 26.8 Å². The molecule has 0 aliphatic rings. The van der Waals surface area contributed by atoms with Gasteiger partial charge < -0.3 is 9.47 Å². The summed E-state index contributed by atoms with van der Waals surface area (Å²) < 4.78 is 9.13. The average Bonchev–Trinajstić information content (AvgIpc) is 2.83. The Hall–Kier alpha value is -2.22. The number of aryl methyl sites for hydroxylation is 2. The normalized spacial score (nSPS) is 11.5. The van der Waals surface area contributed by atoms with E-state index in [2.05, 4.69) is 4.74 Å². The van der Waals surface area contributed by atoms with Crippen molar-refractivity contribution in [2.24, 2.45) is 0 Å². The van der Waals surface area contributed by atoms with Crippen LogP contribution in [-0.4, -0.2) is 37.0 Å². The Balaban J connectivity index is 2.45. The third kappa shape index (κ3) is 5.82. The summed E-state index contributed by atoms with van der Waals surface area (Å²) in [6, 6.07) is 1.79. The molecule has 1 aromatic rings. The van der Waals surface area contributed by atoms with E-state index in [0.717, 1.165) is 16.9 Å². The van der Waals surface area contributed by atoms with E-state index in [1.807, 2.05) is 19.2 Å². The van der Waals surface area contributed by atoms with Crippen LogP contribution in [0.4, 0.5) is 4.79 Å². The first-order valence-corrected chi connectivity index (χ1v) is 7.74. The standard InChI is InChI=1S/C15H19NO6S/c1-8-7-11(10(3)23-8)12(17)5-6-13(18)22-9(2)14(19)16-15(20)21-4/h7,9H,5-6H2,1-4H3,(H,16,19,20)/t9-/m1/s1. The summed E-state index contributed by atoms with van der Waals surface area (Å²) in [7, 11) is 1.11. The first kappa shape index (κ1) is 18.8. The molecule has 0 aliphatic heterocycles. The van der Waals surface area contributed by atoms with Gasteiger partial charge >= 0.3 is 12.1 Å². The molecule has 0 spiro atoms. The van der Waals surface area contributed by atoms with Gasteiger partial charge in [0.15, 0.2) is 11.9 Å². The lowest BCUT2D eigenvalue weighted by Crippen LogP contribution is -2.39. The topological polar surface area (TPSA) is 98.8 Å². The van der Waals surface area contributed by atoms with Crippen molar-refractivity contribution in [3.8, 4) is 0 Å². The fourth-order valence-corrected chi connectivity index (χ4v) is 2.76.